The number of aromatic amines is 1. The molecule has 1 aromatic carbocycles. The summed E-state index contributed by atoms with van der Waals surface area (Å²) in [6, 6.07) is 8.15. The fourth-order valence-corrected chi connectivity index (χ4v) is 2.71. The summed E-state index contributed by atoms with van der Waals surface area (Å²) >= 11 is 0. The highest BCUT2D eigenvalue weighted by Crippen LogP contribution is 2.49. The summed E-state index contributed by atoms with van der Waals surface area (Å²) in [6.07, 6.45) is -3.18. The summed E-state index contributed by atoms with van der Waals surface area (Å²) in [5, 5.41) is 13.2. The number of carbonyl (C=O) groups excluding carboxylic acids is 1. The number of nitrogens with one attached hydrogen (secondary N) is 3. The van der Waals surface area contributed by atoms with E-state index in [0.717, 1.165) is 24.0 Å². The minimum atomic E-state index is -4.63. The zero-order valence-electron chi connectivity index (χ0n) is 13.2. The Morgan fingerprint density at radius 1 is 1.36 bits per heavy atom. The lowest BCUT2D eigenvalue weighted by atomic mass is 9.91. The van der Waals surface area contributed by atoms with Crippen LogP contribution in [0, 0.1) is 12.3 Å². The second-order valence-electron chi connectivity index (χ2n) is 5.93. The van der Waals surface area contributed by atoms with Crippen molar-refractivity contribution in [2.24, 2.45) is 0 Å². The van der Waals surface area contributed by atoms with E-state index in [4.69, 9.17) is 10.2 Å². The van der Waals surface area contributed by atoms with Gasteiger partial charge in [0.1, 0.15) is 11.5 Å². The van der Waals surface area contributed by atoms with Crippen molar-refractivity contribution in [2.45, 2.75) is 31.4 Å². The van der Waals surface area contributed by atoms with Gasteiger partial charge in [-0.2, -0.15) is 18.3 Å². The first kappa shape index (κ1) is 17.0. The van der Waals surface area contributed by atoms with Crippen LogP contribution in [0.5, 0.6) is 0 Å². The van der Waals surface area contributed by atoms with Crippen molar-refractivity contribution >= 4 is 11.8 Å². The molecule has 0 atom stereocenters. The summed E-state index contributed by atoms with van der Waals surface area (Å²) in [7, 11) is 0. The van der Waals surface area contributed by atoms with Crippen molar-refractivity contribution in [3.05, 3.63) is 52.8 Å². The molecule has 9 heteroatoms. The molecule has 0 aliphatic heterocycles. The molecule has 132 valence electrons. The van der Waals surface area contributed by atoms with Crippen molar-refractivity contribution in [3.63, 3.8) is 0 Å². The molecule has 1 aliphatic carbocycles. The molecule has 0 unspecified atom stereocenters. The Morgan fingerprint density at radius 2 is 2.04 bits per heavy atom. The zero-order valence-corrected chi connectivity index (χ0v) is 13.2. The van der Waals surface area contributed by atoms with Crippen molar-refractivity contribution in [1.29, 1.82) is 5.41 Å². The van der Waals surface area contributed by atoms with E-state index in [1.54, 1.807) is 5.10 Å². The number of H-pyrrole nitrogens is 1. The summed E-state index contributed by atoms with van der Waals surface area (Å²) < 4.78 is 37.5. The number of aryl methyl sites for hydroxylation is 1. The number of carbonyl (C=O) groups is 1. The van der Waals surface area contributed by atoms with Gasteiger partial charge in [-0.05, 0) is 30.9 Å². The van der Waals surface area contributed by atoms with Crippen molar-refractivity contribution in [2.75, 3.05) is 0 Å². The van der Waals surface area contributed by atoms with Crippen LogP contribution in [0.4, 0.5) is 13.2 Å². The molecule has 0 radical (unpaired) electrons. The van der Waals surface area contributed by atoms with E-state index in [9.17, 15) is 18.0 Å². The molecule has 1 aromatic heterocycles. The van der Waals surface area contributed by atoms with Gasteiger partial charge in [-0.3, -0.25) is 10.5 Å². The van der Waals surface area contributed by atoms with Crippen molar-refractivity contribution in [1.82, 2.24) is 15.7 Å². The maximum atomic E-state index is 12.5. The van der Waals surface area contributed by atoms with Gasteiger partial charge in [-0.15, -0.1) is 0 Å². The van der Waals surface area contributed by atoms with E-state index in [0.29, 0.717) is 6.07 Å². The number of amidine groups is 1. The quantitative estimate of drug-likeness (QED) is 0.450. The second-order valence-corrected chi connectivity index (χ2v) is 5.93. The first-order valence-corrected chi connectivity index (χ1v) is 7.49. The van der Waals surface area contributed by atoms with E-state index in [1.807, 2.05) is 31.2 Å². The smallest absolute Gasteiger partial charge is 0.335 e. The molecule has 1 heterocycles. The highest BCUT2D eigenvalue weighted by Gasteiger charge is 2.50. The van der Waals surface area contributed by atoms with Crippen LogP contribution in [-0.2, 0) is 16.4 Å². The average molecular weight is 352 g/mol. The lowest BCUT2D eigenvalue weighted by molar-refractivity contribution is -0.141. The first-order valence-electron chi connectivity index (χ1n) is 7.49. The van der Waals surface area contributed by atoms with Gasteiger partial charge >= 0.3 is 12.1 Å². The van der Waals surface area contributed by atoms with Crippen LogP contribution in [0.1, 0.15) is 40.2 Å². The number of alkyl halides is 3. The lowest BCUT2D eigenvalue weighted by Gasteiger charge is -2.19. The van der Waals surface area contributed by atoms with E-state index in [-0.39, 0.29) is 5.84 Å². The van der Waals surface area contributed by atoms with Crippen molar-refractivity contribution in [3.8, 4) is 0 Å². The number of rotatable bonds is 3. The summed E-state index contributed by atoms with van der Waals surface area (Å²) in [5.41, 5.74) is 2.02. The van der Waals surface area contributed by atoms with E-state index < -0.39 is 28.9 Å². The minimum absolute atomic E-state index is 0.0123. The Morgan fingerprint density at radius 3 is 2.60 bits per heavy atom. The maximum Gasteiger partial charge on any atom is 0.432 e. The van der Waals surface area contributed by atoms with Crippen LogP contribution in [0.2, 0.25) is 0 Å². The average Bonchev–Trinajstić information content (AvgIpc) is 3.19. The number of hydrogen-bond acceptors (Lipinski definition) is 4. The molecule has 0 amide bonds. The predicted octanol–water partition coefficient (Wildman–Crippen LogP) is 3.11. The second kappa shape index (κ2) is 5.91. The molecule has 3 N–H and O–H groups in total. The number of halogens is 3. The van der Waals surface area contributed by atoms with Crippen LogP contribution >= 0.6 is 0 Å². The molecule has 3 rings (SSSR count). The Balaban J connectivity index is 1.66. The molecule has 6 nitrogen and oxygen atoms in total. The fraction of sp³-hybridized carbons (Fsp3) is 0.312. The molecule has 1 saturated carbocycles. The zero-order chi connectivity index (χ0) is 18.2. The molecule has 0 bridgehead atoms. The number of nitrogens with zero attached hydrogens (tertiary/aromatic N) is 1. The third-order valence-corrected chi connectivity index (χ3v) is 4.23. The molecule has 25 heavy (non-hydrogen) atoms. The van der Waals surface area contributed by atoms with Crippen LogP contribution in [-0.4, -0.2) is 22.0 Å². The monoisotopic (exact) mass is 352 g/mol. The molecular weight excluding hydrogens is 337 g/mol. The molecule has 0 spiro atoms. The number of aromatic nitrogens is 2. The highest BCUT2D eigenvalue weighted by molar-refractivity contribution is 5.95. The summed E-state index contributed by atoms with van der Waals surface area (Å²) in [6.45, 7) is 1.93. The topological polar surface area (TPSA) is 90.9 Å². The van der Waals surface area contributed by atoms with Gasteiger partial charge in [-0.25, -0.2) is 10.3 Å². The van der Waals surface area contributed by atoms with E-state index in [1.165, 1.54) is 0 Å². The van der Waals surface area contributed by atoms with Crippen LogP contribution in [0.25, 0.3) is 0 Å². The SMILES string of the molecule is Cc1ccccc1C1(C(=N)NOC(=O)c2cc(C(F)(F)F)[nH]n2)CC1. The summed E-state index contributed by atoms with van der Waals surface area (Å²) in [5.74, 6) is -1.11. The van der Waals surface area contributed by atoms with Crippen LogP contribution in [0.3, 0.4) is 0 Å². The lowest BCUT2D eigenvalue weighted by Crippen LogP contribution is -2.36. The third-order valence-electron chi connectivity index (χ3n) is 4.23. The maximum absolute atomic E-state index is 12.5. The predicted molar refractivity (Wildman–Crippen MR) is 82.0 cm³/mol. The third kappa shape index (κ3) is 3.21. The Kier molecular flexibility index (Phi) is 4.02. The van der Waals surface area contributed by atoms with Gasteiger partial charge < -0.3 is 4.84 Å². The normalized spacial score (nSPS) is 15.5. The van der Waals surface area contributed by atoms with Gasteiger partial charge in [-0.1, -0.05) is 24.3 Å². The Bertz CT molecular complexity index is 825. The van der Waals surface area contributed by atoms with Gasteiger partial charge in [0.25, 0.3) is 0 Å². The first-order chi connectivity index (χ1) is 11.7. The number of benzene rings is 1. The molecule has 2 aromatic rings. The van der Waals surface area contributed by atoms with E-state index in [2.05, 4.69) is 10.6 Å². The molecule has 1 aliphatic rings. The highest BCUT2D eigenvalue weighted by atomic mass is 19.4. The molecular formula is C16H15F3N4O2. The van der Waals surface area contributed by atoms with Crippen LogP contribution in [0.15, 0.2) is 30.3 Å². The van der Waals surface area contributed by atoms with Crippen LogP contribution < -0.4 is 5.48 Å². The largest absolute Gasteiger partial charge is 0.432 e. The fourth-order valence-electron chi connectivity index (χ4n) is 2.71. The van der Waals surface area contributed by atoms with Gasteiger partial charge in [0.15, 0.2) is 5.69 Å². The standard InChI is InChI=1S/C16H15F3N4O2/c1-9-4-2-3-5-10(9)15(6-7-15)14(20)23-25-13(24)11-8-12(22-21-11)16(17,18)19/h2-5,8H,6-7H2,1H3,(H2,20,23)(H,21,22). The van der Waals surface area contributed by atoms with Gasteiger partial charge in [0.2, 0.25) is 0 Å². The number of hydrogen-bond donors (Lipinski definition) is 3. The Hall–Kier alpha value is -2.84. The summed E-state index contributed by atoms with van der Waals surface area (Å²) in [4.78, 5) is 16.5. The number of hydroxylamine groups is 1. The van der Waals surface area contributed by atoms with Gasteiger partial charge in [0, 0.05) is 6.07 Å². The van der Waals surface area contributed by atoms with E-state index >= 15 is 0 Å². The van der Waals surface area contributed by atoms with Crippen molar-refractivity contribution < 1.29 is 22.8 Å². The van der Waals surface area contributed by atoms with Gasteiger partial charge in [0.05, 0.1) is 5.41 Å². The minimum Gasteiger partial charge on any atom is -0.335 e. The Labute approximate surface area is 140 Å². The molecule has 1 fully saturated rings. The molecule has 0 saturated heterocycles.